The van der Waals surface area contributed by atoms with E-state index in [-0.39, 0.29) is 11.3 Å². The molecule has 2 aromatic rings. The van der Waals surface area contributed by atoms with Crippen LogP contribution < -0.4 is 0 Å². The van der Waals surface area contributed by atoms with Crippen LogP contribution in [-0.4, -0.2) is 91.5 Å². The normalized spacial score (nSPS) is 31.7. The molecule has 208 valence electrons. The van der Waals surface area contributed by atoms with E-state index in [1.165, 1.54) is 30.4 Å². The molecule has 13 heteroatoms. The Labute approximate surface area is 223 Å². The summed E-state index contributed by atoms with van der Waals surface area (Å²) in [5.41, 5.74) is -13.8. The van der Waals surface area contributed by atoms with Gasteiger partial charge < -0.3 is 51.1 Å². The minimum atomic E-state index is -3.76. The number of Topliss-reactive ketones (excluding diaryl/α,β-unsaturated/α-hetero) is 2. The van der Waals surface area contributed by atoms with Crippen molar-refractivity contribution in [3.63, 3.8) is 0 Å². The molecule has 0 heterocycles. The fraction of sp³-hybridized carbons (Fsp3) is 0.222. The first-order valence-corrected chi connectivity index (χ1v) is 11.7. The third kappa shape index (κ3) is 3.17. The number of ketones is 2. The van der Waals surface area contributed by atoms with Crippen molar-refractivity contribution in [2.45, 2.75) is 35.4 Å². The van der Waals surface area contributed by atoms with Crippen molar-refractivity contribution >= 4 is 35.4 Å². The number of aromatic hydroxyl groups is 2. The Hall–Kier alpha value is -4.53. The number of aliphatic hydroxyl groups is 7. The van der Waals surface area contributed by atoms with Crippen molar-refractivity contribution in [1.29, 1.82) is 0 Å². The molecule has 1 saturated carbocycles. The third-order valence-corrected chi connectivity index (χ3v) is 7.73. The lowest BCUT2D eigenvalue weighted by Gasteiger charge is -2.57. The largest absolute Gasteiger partial charge is 0.508 e. The average Bonchev–Trinajstić information content (AvgIpc) is 2.89. The van der Waals surface area contributed by atoms with E-state index in [1.807, 2.05) is 0 Å². The number of aliphatic carboxylic acids is 1. The Morgan fingerprint density at radius 2 is 1.52 bits per heavy atom. The zero-order valence-corrected chi connectivity index (χ0v) is 20.2. The molecule has 10 N–H and O–H groups in total. The summed E-state index contributed by atoms with van der Waals surface area (Å²) >= 11 is 0. The summed E-state index contributed by atoms with van der Waals surface area (Å²) in [6, 6.07) is 8.31. The van der Waals surface area contributed by atoms with Gasteiger partial charge in [0.2, 0.25) is 11.4 Å². The van der Waals surface area contributed by atoms with Crippen LogP contribution in [0, 0.1) is 0 Å². The van der Waals surface area contributed by atoms with Crippen LogP contribution in [0.3, 0.4) is 0 Å². The third-order valence-electron chi connectivity index (χ3n) is 7.73. The molecule has 3 aliphatic carbocycles. The number of carboxylic acid groups (broad SMARTS) is 1. The summed E-state index contributed by atoms with van der Waals surface area (Å²) in [6.07, 6.45) is -3.81. The van der Waals surface area contributed by atoms with Gasteiger partial charge >= 0.3 is 5.97 Å². The van der Waals surface area contributed by atoms with E-state index in [0.717, 1.165) is 6.07 Å². The number of carboxylic acids is 1. The molecule has 0 aliphatic heterocycles. The van der Waals surface area contributed by atoms with Crippen molar-refractivity contribution in [3.8, 4) is 11.5 Å². The van der Waals surface area contributed by atoms with Gasteiger partial charge in [-0.2, -0.15) is 0 Å². The quantitative estimate of drug-likeness (QED) is 0.171. The summed E-state index contributed by atoms with van der Waals surface area (Å²) < 4.78 is 0. The van der Waals surface area contributed by atoms with Gasteiger partial charge in [0, 0.05) is 12.0 Å². The first kappa shape index (κ1) is 27.1. The van der Waals surface area contributed by atoms with E-state index >= 15 is 0 Å². The number of benzene rings is 2. The van der Waals surface area contributed by atoms with Crippen molar-refractivity contribution in [3.05, 3.63) is 75.6 Å². The van der Waals surface area contributed by atoms with Gasteiger partial charge in [-0.25, -0.2) is 4.79 Å². The topological polar surface area (TPSA) is 254 Å². The number of carbonyl (C=O) groups is 3. The minimum Gasteiger partial charge on any atom is -0.508 e. The Balaban J connectivity index is 1.74. The smallest absolute Gasteiger partial charge is 0.342 e. The van der Waals surface area contributed by atoms with E-state index in [9.17, 15) is 65.4 Å². The maximum atomic E-state index is 13.6. The van der Waals surface area contributed by atoms with E-state index in [1.54, 1.807) is 12.1 Å². The van der Waals surface area contributed by atoms with E-state index in [2.05, 4.69) is 0 Å². The Morgan fingerprint density at radius 1 is 0.900 bits per heavy atom. The molecule has 0 saturated heterocycles. The molecule has 0 unspecified atom stereocenters. The SMILES string of the molecule is O=C(O)C1=C(O)[C@]2(O)C(=O)C3=C(O)c4c(ccc(/C=C/c5ccc(O)cc5)c4O)[C@@H](O)[C@]3(O)[C@@H](O)[C@]2(O)CC1=O. The van der Waals surface area contributed by atoms with Crippen molar-refractivity contribution in [2.24, 2.45) is 0 Å². The Morgan fingerprint density at radius 3 is 2.12 bits per heavy atom. The van der Waals surface area contributed by atoms with Gasteiger partial charge in [-0.15, -0.1) is 0 Å². The summed E-state index contributed by atoms with van der Waals surface area (Å²) in [7, 11) is 0. The predicted molar refractivity (Wildman–Crippen MR) is 132 cm³/mol. The predicted octanol–water partition coefficient (Wildman–Crippen LogP) is -0.409. The Bertz CT molecular complexity index is 1600. The molecular weight excluding hydrogens is 532 g/mol. The highest BCUT2D eigenvalue weighted by molar-refractivity contribution is 6.22. The second-order valence-electron chi connectivity index (χ2n) is 9.84. The van der Waals surface area contributed by atoms with Crippen LogP contribution in [0.25, 0.3) is 17.9 Å². The van der Waals surface area contributed by atoms with Crippen LogP contribution in [0.4, 0.5) is 0 Å². The van der Waals surface area contributed by atoms with Gasteiger partial charge in [-0.1, -0.05) is 36.4 Å². The van der Waals surface area contributed by atoms with Crippen LogP contribution >= 0.6 is 0 Å². The molecule has 40 heavy (non-hydrogen) atoms. The molecule has 1 fully saturated rings. The molecule has 2 aromatic carbocycles. The molecule has 5 atom stereocenters. The fourth-order valence-electron chi connectivity index (χ4n) is 5.61. The fourth-order valence-corrected chi connectivity index (χ4v) is 5.61. The zero-order valence-electron chi connectivity index (χ0n) is 20.2. The number of fused-ring (bicyclic) bond motifs is 3. The number of phenols is 2. The summed E-state index contributed by atoms with van der Waals surface area (Å²) in [5.74, 6) is -9.33. The van der Waals surface area contributed by atoms with Crippen LogP contribution in [0.2, 0.25) is 0 Å². The van der Waals surface area contributed by atoms with Crippen LogP contribution in [0.15, 0.2) is 53.3 Å². The number of rotatable bonds is 3. The number of phenolic OH excluding ortho intramolecular Hbond substituents is 2. The molecule has 0 radical (unpaired) electrons. The zero-order chi connectivity index (χ0) is 29.5. The van der Waals surface area contributed by atoms with Gasteiger partial charge in [0.15, 0.2) is 17.1 Å². The molecule has 0 aromatic heterocycles. The summed E-state index contributed by atoms with van der Waals surface area (Å²) in [4.78, 5) is 37.6. The molecule has 3 aliphatic rings. The number of aliphatic hydroxyl groups excluding tert-OH is 4. The second-order valence-corrected chi connectivity index (χ2v) is 9.84. The lowest BCUT2D eigenvalue weighted by molar-refractivity contribution is -0.263. The number of hydrogen-bond acceptors (Lipinski definition) is 12. The maximum Gasteiger partial charge on any atom is 0.342 e. The molecular formula is C27H22O13. The summed E-state index contributed by atoms with van der Waals surface area (Å²) in [6.45, 7) is 0. The second kappa shape index (κ2) is 8.48. The van der Waals surface area contributed by atoms with Crippen molar-refractivity contribution in [2.75, 3.05) is 0 Å². The lowest BCUT2D eigenvalue weighted by atomic mass is 9.53. The molecule has 0 spiro atoms. The molecule has 0 bridgehead atoms. The molecule has 5 rings (SSSR count). The number of carbonyl (C=O) groups excluding carboxylic acids is 2. The highest BCUT2D eigenvalue weighted by Gasteiger charge is 2.77. The Kier molecular flexibility index (Phi) is 5.74. The standard InChI is InChI=1S/C27H22O13/c28-12-6-2-10(3-7-12)1-4-11-5-8-13-15(18(11)30)19(31)17-22(34)27(40)21(33)16(23(35)36)14(29)9-25(27,38)24(37)26(17,39)20(13)32/h1-8,20,24,28,30-33,37-40H,9H2,(H,35,36)/b4-1+/t20-,24+,25-,26+,27+/m1/s1. The van der Waals surface area contributed by atoms with Crippen LogP contribution in [0.1, 0.15) is 34.8 Å². The molecule has 13 nitrogen and oxygen atoms in total. The maximum absolute atomic E-state index is 13.6. The summed E-state index contributed by atoms with van der Waals surface area (Å²) in [5, 5.41) is 108. The van der Waals surface area contributed by atoms with Gasteiger partial charge in [0.1, 0.15) is 40.6 Å². The van der Waals surface area contributed by atoms with Gasteiger partial charge in [0.25, 0.3) is 0 Å². The lowest BCUT2D eigenvalue weighted by Crippen LogP contribution is -2.80. The first-order valence-electron chi connectivity index (χ1n) is 11.7. The van der Waals surface area contributed by atoms with Gasteiger partial charge in [-0.3, -0.25) is 9.59 Å². The van der Waals surface area contributed by atoms with Gasteiger partial charge in [0.05, 0.1) is 11.1 Å². The highest BCUT2D eigenvalue weighted by Crippen LogP contribution is 2.58. The highest BCUT2D eigenvalue weighted by atomic mass is 16.4. The van der Waals surface area contributed by atoms with Crippen LogP contribution in [0.5, 0.6) is 11.5 Å². The van der Waals surface area contributed by atoms with E-state index in [0.29, 0.717) is 5.56 Å². The monoisotopic (exact) mass is 554 g/mol. The van der Waals surface area contributed by atoms with Crippen LogP contribution in [-0.2, 0) is 14.4 Å². The first-order chi connectivity index (χ1) is 18.6. The van der Waals surface area contributed by atoms with E-state index < -0.39 is 92.5 Å². The molecule has 0 amide bonds. The van der Waals surface area contributed by atoms with E-state index in [4.69, 9.17) is 0 Å². The van der Waals surface area contributed by atoms with Crippen molar-refractivity contribution in [1.82, 2.24) is 0 Å². The van der Waals surface area contributed by atoms with Crippen molar-refractivity contribution < 1.29 is 65.4 Å². The minimum absolute atomic E-state index is 0.0124. The van der Waals surface area contributed by atoms with Gasteiger partial charge in [-0.05, 0) is 23.3 Å². The average molecular weight is 554 g/mol. The number of hydrogen-bond donors (Lipinski definition) is 10.